The highest BCUT2D eigenvalue weighted by Gasteiger charge is 2.27. The number of likely N-dealkylation sites (N-methyl/N-ethyl adjacent to an activating group) is 1. The van der Waals surface area contributed by atoms with Gasteiger partial charge in [-0.2, -0.15) is 0 Å². The van der Waals surface area contributed by atoms with Crippen molar-refractivity contribution in [3.05, 3.63) is 66.0 Å². The molecule has 0 aliphatic rings. The Balaban J connectivity index is 2.11. The number of hydrogen-bond acceptors (Lipinski definition) is 4. The monoisotopic (exact) mass is 477 g/mol. The first-order chi connectivity index (χ1) is 15.7. The minimum Gasteiger partial charge on any atom is -0.357 e. The van der Waals surface area contributed by atoms with Crippen molar-refractivity contribution in [2.45, 2.75) is 38.6 Å². The van der Waals surface area contributed by atoms with Crippen LogP contribution in [0, 0.1) is 5.82 Å². The molecule has 1 atom stereocenters. The minimum atomic E-state index is -3.61. The predicted molar refractivity (Wildman–Crippen MR) is 128 cm³/mol. The van der Waals surface area contributed by atoms with Gasteiger partial charge in [-0.15, -0.1) is 0 Å². The quantitative estimate of drug-likeness (QED) is 0.509. The molecule has 0 bridgehead atoms. The van der Waals surface area contributed by atoms with Crippen LogP contribution in [0.4, 0.5) is 10.1 Å². The van der Waals surface area contributed by atoms with Crippen molar-refractivity contribution in [3.63, 3.8) is 0 Å². The van der Waals surface area contributed by atoms with Gasteiger partial charge in [-0.1, -0.05) is 37.3 Å². The number of anilines is 1. The standard InChI is InChI=1S/C24H32FN3O4S/c1-4-22(24(30)26-2)27(18-16-19-9-6-5-7-10-19)23(29)11-8-17-28(33(3,31)32)21-14-12-20(25)13-15-21/h5-7,9-10,12-15,22H,4,8,11,16-18H2,1-3H3,(H,26,30). The van der Waals surface area contributed by atoms with Crippen molar-refractivity contribution in [1.82, 2.24) is 10.2 Å². The lowest BCUT2D eigenvalue weighted by molar-refractivity contribution is -0.140. The molecule has 0 spiro atoms. The highest BCUT2D eigenvalue weighted by atomic mass is 32.2. The Morgan fingerprint density at radius 1 is 1.03 bits per heavy atom. The molecule has 0 radical (unpaired) electrons. The fourth-order valence-electron chi connectivity index (χ4n) is 3.67. The number of carbonyl (C=O) groups excluding carboxylic acids is 2. The third kappa shape index (κ3) is 7.85. The third-order valence-corrected chi connectivity index (χ3v) is 6.58. The second kappa shape index (κ2) is 12.3. The number of halogens is 1. The summed E-state index contributed by atoms with van der Waals surface area (Å²) in [5.41, 5.74) is 1.39. The van der Waals surface area contributed by atoms with Crippen LogP contribution in [0.1, 0.15) is 31.7 Å². The van der Waals surface area contributed by atoms with Gasteiger partial charge in [0, 0.05) is 26.6 Å². The van der Waals surface area contributed by atoms with E-state index in [1.807, 2.05) is 37.3 Å². The molecule has 1 unspecified atom stereocenters. The molecule has 2 rings (SSSR count). The van der Waals surface area contributed by atoms with E-state index in [4.69, 9.17) is 0 Å². The van der Waals surface area contributed by atoms with Crippen molar-refractivity contribution in [2.24, 2.45) is 0 Å². The Hall–Kier alpha value is -2.94. The average molecular weight is 478 g/mol. The van der Waals surface area contributed by atoms with Crippen molar-refractivity contribution >= 4 is 27.5 Å². The van der Waals surface area contributed by atoms with Crippen LogP contribution in [0.5, 0.6) is 0 Å². The SMILES string of the molecule is CCC(C(=O)NC)N(CCc1ccccc1)C(=O)CCCN(c1ccc(F)cc1)S(C)(=O)=O. The van der Waals surface area contributed by atoms with Gasteiger partial charge < -0.3 is 10.2 Å². The molecule has 0 saturated heterocycles. The Morgan fingerprint density at radius 3 is 2.21 bits per heavy atom. The minimum absolute atomic E-state index is 0.0689. The van der Waals surface area contributed by atoms with Crippen LogP contribution in [0.3, 0.4) is 0 Å². The molecule has 7 nitrogen and oxygen atoms in total. The lowest BCUT2D eigenvalue weighted by Gasteiger charge is -2.30. The molecule has 0 saturated carbocycles. The van der Waals surface area contributed by atoms with Crippen LogP contribution in [-0.4, -0.2) is 57.6 Å². The van der Waals surface area contributed by atoms with Crippen LogP contribution < -0.4 is 9.62 Å². The normalized spacial score (nSPS) is 12.1. The van der Waals surface area contributed by atoms with Crippen molar-refractivity contribution in [1.29, 1.82) is 0 Å². The van der Waals surface area contributed by atoms with Crippen LogP contribution in [0.15, 0.2) is 54.6 Å². The molecular formula is C24H32FN3O4S. The summed E-state index contributed by atoms with van der Waals surface area (Å²) in [6, 6.07) is 14.3. The van der Waals surface area contributed by atoms with Crippen molar-refractivity contribution < 1.29 is 22.4 Å². The summed E-state index contributed by atoms with van der Waals surface area (Å²) in [4.78, 5) is 27.1. The summed E-state index contributed by atoms with van der Waals surface area (Å²) in [6.45, 7) is 2.30. The topological polar surface area (TPSA) is 86.8 Å². The fraction of sp³-hybridized carbons (Fsp3) is 0.417. The molecule has 2 amide bonds. The third-order valence-electron chi connectivity index (χ3n) is 5.38. The second-order valence-corrected chi connectivity index (χ2v) is 9.68. The predicted octanol–water partition coefficient (Wildman–Crippen LogP) is 2.97. The summed E-state index contributed by atoms with van der Waals surface area (Å²) in [5, 5.41) is 2.62. The highest BCUT2D eigenvalue weighted by molar-refractivity contribution is 7.92. The number of rotatable bonds is 12. The van der Waals surface area contributed by atoms with Crippen LogP contribution in [-0.2, 0) is 26.0 Å². The van der Waals surface area contributed by atoms with Crippen molar-refractivity contribution in [2.75, 3.05) is 30.7 Å². The molecule has 2 aromatic carbocycles. The molecule has 0 heterocycles. The molecule has 1 N–H and O–H groups in total. The van der Waals surface area contributed by atoms with E-state index in [0.29, 0.717) is 25.1 Å². The first-order valence-corrected chi connectivity index (χ1v) is 12.8. The Kier molecular flexibility index (Phi) is 9.84. The summed E-state index contributed by atoms with van der Waals surface area (Å²) in [7, 11) is -2.07. The molecule has 0 aliphatic heterocycles. The number of hydrogen-bond donors (Lipinski definition) is 1. The Bertz CT molecular complexity index is 1010. The highest BCUT2D eigenvalue weighted by Crippen LogP contribution is 2.19. The van der Waals surface area contributed by atoms with Crippen LogP contribution in [0.2, 0.25) is 0 Å². The van der Waals surface area contributed by atoms with Gasteiger partial charge in [0.2, 0.25) is 21.8 Å². The average Bonchev–Trinajstić information content (AvgIpc) is 2.79. The number of nitrogens with zero attached hydrogens (tertiary/aromatic N) is 2. The molecule has 180 valence electrons. The molecule has 0 aliphatic carbocycles. The first kappa shape index (κ1) is 26.3. The summed E-state index contributed by atoms with van der Waals surface area (Å²) in [6.07, 6.45) is 2.48. The lowest BCUT2D eigenvalue weighted by Crippen LogP contribution is -2.49. The van der Waals surface area contributed by atoms with E-state index in [0.717, 1.165) is 16.1 Å². The van der Waals surface area contributed by atoms with Crippen LogP contribution >= 0.6 is 0 Å². The van der Waals surface area contributed by atoms with E-state index in [1.165, 1.54) is 31.3 Å². The number of carbonyl (C=O) groups is 2. The van der Waals surface area contributed by atoms with E-state index in [-0.39, 0.29) is 31.2 Å². The van der Waals surface area contributed by atoms with Gasteiger partial charge in [-0.3, -0.25) is 13.9 Å². The van der Waals surface area contributed by atoms with E-state index in [9.17, 15) is 22.4 Å². The molecule has 0 aromatic heterocycles. The molecule has 2 aromatic rings. The first-order valence-electron chi connectivity index (χ1n) is 11.0. The number of sulfonamides is 1. The maximum absolute atomic E-state index is 13.2. The van der Waals surface area contributed by atoms with E-state index < -0.39 is 21.9 Å². The molecule has 9 heteroatoms. The van der Waals surface area contributed by atoms with Gasteiger partial charge in [-0.25, -0.2) is 12.8 Å². The van der Waals surface area contributed by atoms with Gasteiger partial charge in [0.05, 0.1) is 11.9 Å². The van der Waals surface area contributed by atoms with E-state index in [1.54, 1.807) is 4.90 Å². The maximum atomic E-state index is 13.2. The van der Waals surface area contributed by atoms with Gasteiger partial charge in [-0.05, 0) is 49.1 Å². The molecule has 33 heavy (non-hydrogen) atoms. The Labute approximate surface area is 195 Å². The zero-order valence-electron chi connectivity index (χ0n) is 19.3. The smallest absolute Gasteiger partial charge is 0.242 e. The molecular weight excluding hydrogens is 445 g/mol. The van der Waals surface area contributed by atoms with E-state index in [2.05, 4.69) is 5.32 Å². The Morgan fingerprint density at radius 2 is 1.67 bits per heavy atom. The number of nitrogens with one attached hydrogen (secondary N) is 1. The molecule has 0 fully saturated rings. The van der Waals surface area contributed by atoms with Gasteiger partial charge >= 0.3 is 0 Å². The zero-order chi connectivity index (χ0) is 24.4. The summed E-state index contributed by atoms with van der Waals surface area (Å²) < 4.78 is 38.9. The maximum Gasteiger partial charge on any atom is 0.242 e. The van der Waals surface area contributed by atoms with Gasteiger partial charge in [0.15, 0.2) is 0 Å². The lowest BCUT2D eigenvalue weighted by atomic mass is 10.1. The summed E-state index contributed by atoms with van der Waals surface area (Å²) in [5.74, 6) is -0.909. The largest absolute Gasteiger partial charge is 0.357 e. The number of benzene rings is 2. The van der Waals surface area contributed by atoms with Crippen LogP contribution in [0.25, 0.3) is 0 Å². The fourth-order valence-corrected chi connectivity index (χ4v) is 4.64. The van der Waals surface area contributed by atoms with E-state index >= 15 is 0 Å². The summed E-state index contributed by atoms with van der Waals surface area (Å²) >= 11 is 0. The second-order valence-electron chi connectivity index (χ2n) is 7.78. The van der Waals surface area contributed by atoms with Gasteiger partial charge in [0.1, 0.15) is 11.9 Å². The van der Waals surface area contributed by atoms with Crippen molar-refractivity contribution in [3.8, 4) is 0 Å². The zero-order valence-corrected chi connectivity index (χ0v) is 20.1. The number of amides is 2. The van der Waals surface area contributed by atoms with Gasteiger partial charge in [0.25, 0.3) is 0 Å².